The van der Waals surface area contributed by atoms with Crippen LogP contribution in [0.5, 0.6) is 0 Å². The number of amides is 1. The number of benzene rings is 2. The van der Waals surface area contributed by atoms with E-state index in [1.54, 1.807) is 18.2 Å². The molecule has 1 aliphatic heterocycles. The average molecular weight is 752 g/mol. The lowest BCUT2D eigenvalue weighted by Gasteiger charge is -2.24. The van der Waals surface area contributed by atoms with E-state index in [0.29, 0.717) is 23.2 Å². The van der Waals surface area contributed by atoms with Crippen LogP contribution in [0.3, 0.4) is 0 Å². The summed E-state index contributed by atoms with van der Waals surface area (Å²) in [6, 6.07) is 16.2. The summed E-state index contributed by atoms with van der Waals surface area (Å²) in [7, 11) is 0. The lowest BCUT2D eigenvalue weighted by molar-refractivity contribution is -0.193. The molecule has 0 unspecified atom stereocenters. The van der Waals surface area contributed by atoms with Crippen LogP contribution >= 0.6 is 0 Å². The van der Waals surface area contributed by atoms with Crippen molar-refractivity contribution in [3.8, 4) is 16.8 Å². The van der Waals surface area contributed by atoms with E-state index in [2.05, 4.69) is 31.4 Å². The molecule has 1 saturated heterocycles. The minimum absolute atomic E-state index is 0.0270. The third-order valence-corrected chi connectivity index (χ3v) is 7.58. The number of halogens is 7. The first kappa shape index (κ1) is 39.5. The number of fused-ring (bicyclic) bond motifs is 1. The number of nitrogens with one attached hydrogen (secondary N) is 2. The lowest BCUT2D eigenvalue weighted by Crippen LogP contribution is -2.29. The first-order valence-corrected chi connectivity index (χ1v) is 15.2. The molecule has 6 rings (SSSR count). The molecule has 0 spiro atoms. The normalized spacial score (nSPS) is 13.3. The number of alkyl halides is 6. The zero-order valence-electron chi connectivity index (χ0n) is 27.0. The second-order valence-electron chi connectivity index (χ2n) is 11.1. The van der Waals surface area contributed by atoms with Crippen LogP contribution in [-0.4, -0.2) is 72.6 Å². The van der Waals surface area contributed by atoms with Gasteiger partial charge in [0.1, 0.15) is 29.2 Å². The van der Waals surface area contributed by atoms with Gasteiger partial charge in [-0.25, -0.2) is 23.9 Å². The van der Waals surface area contributed by atoms with Gasteiger partial charge in [-0.1, -0.05) is 12.1 Å². The highest BCUT2D eigenvalue weighted by molar-refractivity contribution is 6.04. The van der Waals surface area contributed by atoms with Gasteiger partial charge >= 0.3 is 24.3 Å². The molecule has 13 nitrogen and oxygen atoms in total. The van der Waals surface area contributed by atoms with Crippen LogP contribution < -0.4 is 21.9 Å². The van der Waals surface area contributed by atoms with E-state index in [1.165, 1.54) is 47.4 Å². The number of hydrogen-bond acceptors (Lipinski definition) is 8. The van der Waals surface area contributed by atoms with Crippen molar-refractivity contribution >= 4 is 40.4 Å². The SMILES string of the molecule is Nc1ncnc2c1c(-c1ccc(NC(=O)c3cccn(-c4ccc(F)cc4)c3=O)cc1)cn2C1CCNCC1.O=C(O)C(F)(F)F.O=C(O)C(F)(F)F. The van der Waals surface area contributed by atoms with E-state index >= 15 is 0 Å². The number of nitrogens with zero attached hydrogens (tertiary/aromatic N) is 4. The first-order chi connectivity index (χ1) is 24.9. The summed E-state index contributed by atoms with van der Waals surface area (Å²) in [6.45, 7) is 1.90. The zero-order valence-corrected chi connectivity index (χ0v) is 27.0. The number of carbonyl (C=O) groups is 3. The number of rotatable bonds is 5. The van der Waals surface area contributed by atoms with E-state index < -0.39 is 41.6 Å². The smallest absolute Gasteiger partial charge is 0.475 e. The van der Waals surface area contributed by atoms with Crippen molar-refractivity contribution in [2.45, 2.75) is 31.2 Å². The Kier molecular flexibility index (Phi) is 12.2. The Bertz CT molecular complexity index is 2120. The van der Waals surface area contributed by atoms with Crippen LogP contribution in [0.2, 0.25) is 0 Å². The molecular formula is C33H28F7N7O6. The largest absolute Gasteiger partial charge is 0.490 e. The Balaban J connectivity index is 0.000000381. The minimum Gasteiger partial charge on any atom is -0.475 e. The topological polar surface area (TPSA) is 194 Å². The van der Waals surface area contributed by atoms with Crippen LogP contribution in [-0.2, 0) is 9.59 Å². The molecule has 2 aromatic carbocycles. The molecule has 1 amide bonds. The molecule has 0 radical (unpaired) electrons. The van der Waals surface area contributed by atoms with Gasteiger partial charge < -0.3 is 31.1 Å². The van der Waals surface area contributed by atoms with Crippen molar-refractivity contribution in [2.75, 3.05) is 24.1 Å². The van der Waals surface area contributed by atoms with Crippen molar-refractivity contribution in [2.24, 2.45) is 0 Å². The Morgan fingerprint density at radius 3 is 1.98 bits per heavy atom. The number of aromatic nitrogens is 4. The Morgan fingerprint density at radius 1 is 0.868 bits per heavy atom. The molecule has 20 heteroatoms. The summed E-state index contributed by atoms with van der Waals surface area (Å²) in [4.78, 5) is 52.5. The van der Waals surface area contributed by atoms with Gasteiger partial charge in [-0.3, -0.25) is 14.2 Å². The van der Waals surface area contributed by atoms with E-state index in [-0.39, 0.29) is 5.56 Å². The fourth-order valence-corrected chi connectivity index (χ4v) is 5.09. The molecule has 0 aliphatic carbocycles. The van der Waals surface area contributed by atoms with Crippen LogP contribution in [0.15, 0.2) is 84.2 Å². The van der Waals surface area contributed by atoms with Crippen LogP contribution in [0.4, 0.5) is 42.2 Å². The molecule has 53 heavy (non-hydrogen) atoms. The van der Waals surface area contributed by atoms with Gasteiger partial charge in [-0.05, 0) is 80.0 Å². The molecular weight excluding hydrogens is 723 g/mol. The quantitative estimate of drug-likeness (QED) is 0.145. The predicted molar refractivity (Wildman–Crippen MR) is 176 cm³/mol. The molecule has 1 aliphatic rings. The highest BCUT2D eigenvalue weighted by Gasteiger charge is 2.39. The van der Waals surface area contributed by atoms with Crippen LogP contribution in [0.25, 0.3) is 27.8 Å². The van der Waals surface area contributed by atoms with Crippen molar-refractivity contribution < 1.29 is 55.3 Å². The number of carboxylic acid groups (broad SMARTS) is 2. The van der Waals surface area contributed by atoms with Crippen LogP contribution in [0, 0.1) is 5.82 Å². The van der Waals surface area contributed by atoms with Gasteiger partial charge in [-0.2, -0.15) is 26.3 Å². The van der Waals surface area contributed by atoms with Crippen molar-refractivity contribution in [1.29, 1.82) is 0 Å². The molecule has 3 aromatic heterocycles. The van der Waals surface area contributed by atoms with Gasteiger partial charge in [0, 0.05) is 35.4 Å². The maximum atomic E-state index is 13.3. The fourth-order valence-electron chi connectivity index (χ4n) is 5.09. The fraction of sp³-hybridized carbons (Fsp3) is 0.212. The van der Waals surface area contributed by atoms with Crippen LogP contribution in [0.1, 0.15) is 29.2 Å². The van der Waals surface area contributed by atoms with Crippen molar-refractivity contribution in [3.05, 3.63) is 101 Å². The summed E-state index contributed by atoms with van der Waals surface area (Å²) in [6.07, 6.45) is -3.05. The van der Waals surface area contributed by atoms with Gasteiger partial charge in [0.2, 0.25) is 0 Å². The number of carbonyl (C=O) groups excluding carboxylic acids is 1. The Hall–Kier alpha value is -6.31. The van der Waals surface area contributed by atoms with E-state index in [4.69, 9.17) is 25.5 Å². The number of pyridine rings is 1. The molecule has 4 heterocycles. The molecule has 0 atom stereocenters. The molecule has 6 N–H and O–H groups in total. The van der Waals surface area contributed by atoms with Crippen molar-refractivity contribution in [3.63, 3.8) is 0 Å². The predicted octanol–water partition coefficient (Wildman–Crippen LogP) is 5.41. The molecule has 280 valence electrons. The number of nitrogen functional groups attached to an aromatic ring is 1. The Morgan fingerprint density at radius 2 is 1.43 bits per heavy atom. The van der Waals surface area contributed by atoms with E-state index in [9.17, 15) is 40.3 Å². The second-order valence-corrected chi connectivity index (χ2v) is 11.1. The summed E-state index contributed by atoms with van der Waals surface area (Å²) in [5.74, 6) is -6.04. The summed E-state index contributed by atoms with van der Waals surface area (Å²) < 4.78 is 80.3. The molecule has 1 fully saturated rings. The number of anilines is 2. The third kappa shape index (κ3) is 9.94. The zero-order chi connectivity index (χ0) is 39.1. The summed E-state index contributed by atoms with van der Waals surface area (Å²) in [5.41, 5.74) is 9.40. The van der Waals surface area contributed by atoms with Gasteiger partial charge in [0.25, 0.3) is 11.5 Å². The molecule has 5 aromatic rings. The third-order valence-electron chi connectivity index (χ3n) is 7.58. The van der Waals surface area contributed by atoms with Gasteiger partial charge in [0.15, 0.2) is 0 Å². The Labute approximate surface area is 293 Å². The lowest BCUT2D eigenvalue weighted by atomic mass is 10.1. The van der Waals surface area contributed by atoms with Gasteiger partial charge in [0.05, 0.1) is 5.39 Å². The number of aliphatic carboxylic acids is 2. The average Bonchev–Trinajstić information content (AvgIpc) is 3.50. The maximum absolute atomic E-state index is 13.3. The second kappa shape index (κ2) is 16.4. The summed E-state index contributed by atoms with van der Waals surface area (Å²) >= 11 is 0. The maximum Gasteiger partial charge on any atom is 0.490 e. The first-order valence-electron chi connectivity index (χ1n) is 15.2. The number of piperidine rings is 1. The molecule has 0 bridgehead atoms. The minimum atomic E-state index is -5.08. The van der Waals surface area contributed by atoms with E-state index in [0.717, 1.165) is 48.1 Å². The highest BCUT2D eigenvalue weighted by atomic mass is 19.4. The van der Waals surface area contributed by atoms with Crippen molar-refractivity contribution in [1.82, 2.24) is 24.4 Å². The number of carboxylic acids is 2. The summed E-state index contributed by atoms with van der Waals surface area (Å²) in [5, 5.41) is 21.2. The highest BCUT2D eigenvalue weighted by Crippen LogP contribution is 2.36. The number of hydrogen-bond donors (Lipinski definition) is 5. The van der Waals surface area contributed by atoms with E-state index in [1.807, 2.05) is 12.1 Å². The van der Waals surface area contributed by atoms with Gasteiger partial charge in [-0.15, -0.1) is 0 Å². The standard InChI is InChI=1S/C29H26FN7O2.2C2HF3O2/c30-19-5-9-21(10-6-19)36-15-1-2-23(29(36)39)28(38)35-20-7-3-18(4-8-20)24-16-37(22-11-13-32-14-12-22)27-25(24)26(31)33-17-34-27;2*3-2(4,5)1(6)7/h1-10,15-17,22,32H,11-14H2,(H,35,38)(H2,31,33,34);2*(H,6,7). The molecule has 0 saturated carbocycles. The monoisotopic (exact) mass is 751 g/mol. The number of nitrogens with two attached hydrogens (primary N) is 1.